The van der Waals surface area contributed by atoms with Crippen molar-refractivity contribution in [2.45, 2.75) is 25.3 Å². The van der Waals surface area contributed by atoms with E-state index in [-0.39, 0.29) is 17.4 Å². The molecule has 9 heteroatoms. The lowest BCUT2D eigenvalue weighted by Crippen LogP contribution is -2.54. The highest BCUT2D eigenvalue weighted by Crippen LogP contribution is 2.31. The van der Waals surface area contributed by atoms with Crippen LogP contribution < -0.4 is 10.6 Å². The number of hydrogen-bond donors (Lipinski definition) is 2. The molecule has 0 bridgehead atoms. The molecule has 4 amide bonds. The number of aromatic nitrogens is 2. The maximum atomic E-state index is 14.4. The molecule has 1 aromatic carbocycles. The van der Waals surface area contributed by atoms with Crippen LogP contribution in [0.3, 0.4) is 0 Å². The van der Waals surface area contributed by atoms with Gasteiger partial charge in [-0.3, -0.25) is 24.9 Å². The number of carbonyl (C=O) groups is 3. The Bertz CT molecular complexity index is 957. The molecule has 0 aliphatic carbocycles. The summed E-state index contributed by atoms with van der Waals surface area (Å²) in [7, 11) is 0. The van der Waals surface area contributed by atoms with E-state index >= 15 is 0 Å². The first-order chi connectivity index (χ1) is 12.9. The number of hydrogen-bond acceptors (Lipinski definition) is 5. The number of carbonyl (C=O) groups excluding carboxylic acids is 3. The number of amides is 4. The number of rotatable bonds is 2. The van der Waals surface area contributed by atoms with Crippen LogP contribution in [0.2, 0.25) is 0 Å². The lowest BCUT2D eigenvalue weighted by atomic mass is 9.79. The summed E-state index contributed by atoms with van der Waals surface area (Å²) in [5, 5.41) is 4.93. The van der Waals surface area contributed by atoms with Gasteiger partial charge in [0.1, 0.15) is 11.4 Å². The number of piperidine rings is 1. The predicted octanol–water partition coefficient (Wildman–Crippen LogP) is 1.22. The third-order valence-electron chi connectivity index (χ3n) is 5.46. The summed E-state index contributed by atoms with van der Waals surface area (Å²) < 4.78 is 14.4. The Morgan fingerprint density at radius 2 is 1.81 bits per heavy atom. The summed E-state index contributed by atoms with van der Waals surface area (Å²) in [6.45, 7) is 2.44. The Morgan fingerprint density at radius 1 is 1.19 bits per heavy atom. The largest absolute Gasteiger partial charge is 0.339 e. The monoisotopic (exact) mass is 371 g/mol. The Morgan fingerprint density at radius 3 is 2.41 bits per heavy atom. The molecule has 2 saturated heterocycles. The minimum absolute atomic E-state index is 0.0421. The first kappa shape index (κ1) is 17.3. The summed E-state index contributed by atoms with van der Waals surface area (Å²) in [4.78, 5) is 46.0. The van der Waals surface area contributed by atoms with Gasteiger partial charge in [0.25, 0.3) is 11.8 Å². The van der Waals surface area contributed by atoms with E-state index < -0.39 is 23.3 Å². The second-order valence-corrected chi connectivity index (χ2v) is 7.05. The molecule has 0 radical (unpaired) electrons. The molecular formula is C18H18FN5O3. The van der Waals surface area contributed by atoms with Crippen LogP contribution in [-0.2, 0) is 4.79 Å². The lowest BCUT2D eigenvalue weighted by Gasteiger charge is -2.38. The molecule has 3 heterocycles. The zero-order valence-corrected chi connectivity index (χ0v) is 14.7. The van der Waals surface area contributed by atoms with Crippen molar-refractivity contribution in [3.05, 3.63) is 35.9 Å². The molecule has 0 spiro atoms. The average Bonchev–Trinajstić information content (AvgIpc) is 2.93. The summed E-state index contributed by atoms with van der Waals surface area (Å²) in [5.74, 6) is -1.50. The van der Waals surface area contributed by atoms with E-state index in [1.165, 1.54) is 24.5 Å². The number of urea groups is 1. The number of imide groups is 1. The molecule has 27 heavy (non-hydrogen) atoms. The molecule has 1 aromatic heterocycles. The predicted molar refractivity (Wildman–Crippen MR) is 93.2 cm³/mol. The fourth-order valence-corrected chi connectivity index (χ4v) is 3.82. The second kappa shape index (κ2) is 6.26. The smallest absolute Gasteiger partial charge is 0.322 e. The van der Waals surface area contributed by atoms with Crippen molar-refractivity contribution >= 4 is 28.9 Å². The summed E-state index contributed by atoms with van der Waals surface area (Å²) in [6.07, 6.45) is 4.02. The van der Waals surface area contributed by atoms with Crippen molar-refractivity contribution < 1.29 is 18.8 Å². The van der Waals surface area contributed by atoms with E-state index in [0.717, 1.165) is 0 Å². The molecule has 8 nitrogen and oxygen atoms in total. The van der Waals surface area contributed by atoms with Crippen LogP contribution in [-0.4, -0.2) is 51.3 Å². The Hall–Kier alpha value is -3.10. The highest BCUT2D eigenvalue weighted by Gasteiger charge is 2.48. The summed E-state index contributed by atoms with van der Waals surface area (Å²) in [6, 6.07) is 2.13. The van der Waals surface area contributed by atoms with E-state index in [4.69, 9.17) is 0 Å². The van der Waals surface area contributed by atoms with E-state index in [0.29, 0.717) is 37.0 Å². The van der Waals surface area contributed by atoms with Gasteiger partial charge in [-0.25, -0.2) is 9.18 Å². The van der Waals surface area contributed by atoms with Crippen LogP contribution >= 0.6 is 0 Å². The van der Waals surface area contributed by atoms with Crippen LogP contribution in [0.5, 0.6) is 0 Å². The summed E-state index contributed by atoms with van der Waals surface area (Å²) in [5.41, 5.74) is -0.175. The van der Waals surface area contributed by atoms with Crippen LogP contribution in [0.25, 0.3) is 11.0 Å². The molecule has 140 valence electrons. The lowest BCUT2D eigenvalue weighted by molar-refractivity contribution is -0.125. The standard InChI is InChI=1S/C18H18FN5O3/c1-18(16(26)22-17(27)23-18)10-2-6-24(7-3-10)15(25)11-8-13-14(9-12(11)19)21-5-4-20-13/h4-5,8-10H,2-3,6-7H2,1H3,(H2,22,23,26,27). The minimum atomic E-state index is -0.976. The van der Waals surface area contributed by atoms with Crippen LogP contribution in [0.4, 0.5) is 9.18 Å². The van der Waals surface area contributed by atoms with Crippen molar-refractivity contribution in [1.29, 1.82) is 0 Å². The van der Waals surface area contributed by atoms with E-state index in [9.17, 15) is 18.8 Å². The topological polar surface area (TPSA) is 104 Å². The molecular weight excluding hydrogens is 353 g/mol. The number of fused-ring (bicyclic) bond motifs is 1. The molecule has 1 atom stereocenters. The maximum absolute atomic E-state index is 14.4. The second-order valence-electron chi connectivity index (χ2n) is 7.05. The third-order valence-corrected chi connectivity index (χ3v) is 5.46. The maximum Gasteiger partial charge on any atom is 0.322 e. The quantitative estimate of drug-likeness (QED) is 0.773. The van der Waals surface area contributed by atoms with Crippen LogP contribution in [0.15, 0.2) is 24.5 Å². The number of nitrogens with zero attached hydrogens (tertiary/aromatic N) is 3. The number of benzene rings is 1. The van der Waals surface area contributed by atoms with E-state index in [1.54, 1.807) is 11.8 Å². The van der Waals surface area contributed by atoms with Crippen molar-refractivity contribution in [3.63, 3.8) is 0 Å². The zero-order valence-electron chi connectivity index (χ0n) is 14.7. The fraction of sp³-hybridized carbons (Fsp3) is 0.389. The van der Waals surface area contributed by atoms with Gasteiger partial charge in [0.05, 0.1) is 16.6 Å². The minimum Gasteiger partial charge on any atom is -0.339 e. The highest BCUT2D eigenvalue weighted by atomic mass is 19.1. The SMILES string of the molecule is CC1(C2CCN(C(=O)c3cc4nccnc4cc3F)CC2)NC(=O)NC1=O. The number of halogens is 1. The van der Waals surface area contributed by atoms with Gasteiger partial charge in [-0.05, 0) is 31.7 Å². The zero-order chi connectivity index (χ0) is 19.2. The first-order valence-corrected chi connectivity index (χ1v) is 8.71. The molecule has 0 saturated carbocycles. The van der Waals surface area contributed by atoms with Gasteiger partial charge in [0.2, 0.25) is 0 Å². The van der Waals surface area contributed by atoms with E-state index in [1.807, 2.05) is 0 Å². The summed E-state index contributed by atoms with van der Waals surface area (Å²) >= 11 is 0. The van der Waals surface area contributed by atoms with Crippen molar-refractivity contribution in [1.82, 2.24) is 25.5 Å². The number of nitrogens with one attached hydrogen (secondary N) is 2. The number of likely N-dealkylation sites (tertiary alicyclic amines) is 1. The van der Waals surface area contributed by atoms with Gasteiger partial charge in [-0.1, -0.05) is 0 Å². The third kappa shape index (κ3) is 2.88. The van der Waals surface area contributed by atoms with Crippen molar-refractivity contribution in [2.75, 3.05) is 13.1 Å². The normalized spacial score (nSPS) is 23.4. The Kier molecular flexibility index (Phi) is 4.01. The Balaban J connectivity index is 1.50. The van der Waals surface area contributed by atoms with Gasteiger partial charge < -0.3 is 10.2 Å². The molecule has 2 aliphatic rings. The molecule has 2 aromatic rings. The van der Waals surface area contributed by atoms with Crippen molar-refractivity contribution in [3.8, 4) is 0 Å². The fourth-order valence-electron chi connectivity index (χ4n) is 3.82. The molecule has 1 unspecified atom stereocenters. The van der Waals surface area contributed by atoms with Crippen LogP contribution in [0.1, 0.15) is 30.1 Å². The highest BCUT2D eigenvalue weighted by molar-refractivity contribution is 6.07. The van der Waals surface area contributed by atoms with E-state index in [2.05, 4.69) is 20.6 Å². The van der Waals surface area contributed by atoms with Gasteiger partial charge in [0, 0.05) is 31.5 Å². The molecule has 4 rings (SSSR count). The van der Waals surface area contributed by atoms with Gasteiger partial charge in [-0.15, -0.1) is 0 Å². The average molecular weight is 371 g/mol. The van der Waals surface area contributed by atoms with Gasteiger partial charge in [-0.2, -0.15) is 0 Å². The van der Waals surface area contributed by atoms with Crippen molar-refractivity contribution in [2.24, 2.45) is 5.92 Å². The molecule has 2 aliphatic heterocycles. The van der Waals surface area contributed by atoms with Crippen LogP contribution in [0, 0.1) is 11.7 Å². The van der Waals surface area contributed by atoms with Gasteiger partial charge >= 0.3 is 6.03 Å². The molecule has 2 N–H and O–H groups in total. The van der Waals surface area contributed by atoms with Gasteiger partial charge in [0.15, 0.2) is 0 Å². The Labute approximate surface area is 154 Å². The molecule has 2 fully saturated rings. The first-order valence-electron chi connectivity index (χ1n) is 8.71.